The normalized spacial score (nSPS) is 33.4. The highest BCUT2D eigenvalue weighted by Gasteiger charge is 2.46. The zero-order valence-electron chi connectivity index (χ0n) is 11.0. The third-order valence-electron chi connectivity index (χ3n) is 4.09. The van der Waals surface area contributed by atoms with Crippen molar-refractivity contribution in [3.63, 3.8) is 0 Å². The Bertz CT molecular complexity index is 283. The van der Waals surface area contributed by atoms with Gasteiger partial charge in [0.05, 0.1) is 6.61 Å². The number of carbonyl (C=O) groups is 1. The van der Waals surface area contributed by atoms with Gasteiger partial charge < -0.3 is 15.0 Å². The number of piperidine rings is 1. The molecule has 17 heavy (non-hydrogen) atoms. The van der Waals surface area contributed by atoms with Crippen LogP contribution in [0.15, 0.2) is 0 Å². The first-order chi connectivity index (χ1) is 8.22. The summed E-state index contributed by atoms with van der Waals surface area (Å²) >= 11 is 0. The van der Waals surface area contributed by atoms with Crippen LogP contribution in [-0.2, 0) is 9.53 Å². The molecule has 2 unspecified atom stereocenters. The van der Waals surface area contributed by atoms with E-state index in [1.807, 2.05) is 6.92 Å². The Morgan fingerprint density at radius 2 is 2.29 bits per heavy atom. The van der Waals surface area contributed by atoms with Crippen LogP contribution < -0.4 is 5.32 Å². The van der Waals surface area contributed by atoms with Crippen LogP contribution in [0, 0.1) is 0 Å². The van der Waals surface area contributed by atoms with E-state index >= 15 is 0 Å². The van der Waals surface area contributed by atoms with Crippen LogP contribution in [0.1, 0.15) is 39.5 Å². The monoisotopic (exact) mass is 240 g/mol. The highest BCUT2D eigenvalue weighted by molar-refractivity contribution is 5.81. The maximum absolute atomic E-state index is 12.2. The van der Waals surface area contributed by atoms with Gasteiger partial charge >= 0.3 is 5.97 Å². The lowest BCUT2D eigenvalue weighted by Crippen LogP contribution is -2.60. The maximum atomic E-state index is 12.2. The summed E-state index contributed by atoms with van der Waals surface area (Å²) in [6.07, 6.45) is 4.30. The van der Waals surface area contributed by atoms with Gasteiger partial charge in [0.2, 0.25) is 0 Å². The number of rotatable bonds is 4. The van der Waals surface area contributed by atoms with Gasteiger partial charge in [0.25, 0.3) is 0 Å². The molecule has 2 rings (SSSR count). The average Bonchev–Trinajstić information content (AvgIpc) is 2.76. The van der Waals surface area contributed by atoms with Crippen molar-refractivity contribution in [3.05, 3.63) is 0 Å². The fraction of sp³-hybridized carbons (Fsp3) is 0.923. The van der Waals surface area contributed by atoms with Crippen LogP contribution in [0.2, 0.25) is 0 Å². The minimum atomic E-state index is -0.420. The Morgan fingerprint density at radius 1 is 1.47 bits per heavy atom. The molecule has 1 N–H and O–H groups in total. The standard InChI is InChI=1S/C13H24N2O2/c1-3-14-13(12(16)17-4-2)7-9-15-8-5-6-11(15)10-13/h11,14H,3-10H2,1-2H3. The minimum absolute atomic E-state index is 0.0478. The summed E-state index contributed by atoms with van der Waals surface area (Å²) in [5.41, 5.74) is -0.420. The van der Waals surface area contributed by atoms with Crippen molar-refractivity contribution in [2.75, 3.05) is 26.2 Å². The zero-order valence-corrected chi connectivity index (χ0v) is 11.0. The summed E-state index contributed by atoms with van der Waals surface area (Å²) in [6.45, 7) is 7.46. The van der Waals surface area contributed by atoms with Gasteiger partial charge in [-0.2, -0.15) is 0 Å². The Hall–Kier alpha value is -0.610. The van der Waals surface area contributed by atoms with Crippen molar-refractivity contribution in [1.82, 2.24) is 10.2 Å². The van der Waals surface area contributed by atoms with E-state index in [1.165, 1.54) is 19.4 Å². The van der Waals surface area contributed by atoms with Crippen molar-refractivity contribution >= 4 is 5.97 Å². The Balaban J connectivity index is 2.08. The van der Waals surface area contributed by atoms with E-state index in [4.69, 9.17) is 4.74 Å². The molecule has 2 atom stereocenters. The van der Waals surface area contributed by atoms with Gasteiger partial charge in [-0.15, -0.1) is 0 Å². The number of hydrogen-bond acceptors (Lipinski definition) is 4. The Morgan fingerprint density at radius 3 is 3.00 bits per heavy atom. The predicted molar refractivity (Wildman–Crippen MR) is 66.9 cm³/mol. The molecule has 0 bridgehead atoms. The van der Waals surface area contributed by atoms with Gasteiger partial charge in [-0.25, -0.2) is 0 Å². The van der Waals surface area contributed by atoms with E-state index in [1.54, 1.807) is 0 Å². The predicted octanol–water partition coefficient (Wildman–Crippen LogP) is 1.16. The summed E-state index contributed by atoms with van der Waals surface area (Å²) in [7, 11) is 0. The fourth-order valence-corrected chi connectivity index (χ4v) is 3.29. The van der Waals surface area contributed by atoms with Gasteiger partial charge in [-0.05, 0) is 45.7 Å². The molecule has 0 saturated carbocycles. The number of ether oxygens (including phenoxy) is 1. The molecule has 0 aliphatic carbocycles. The summed E-state index contributed by atoms with van der Waals surface area (Å²) < 4.78 is 5.27. The molecule has 0 aromatic rings. The van der Waals surface area contributed by atoms with Gasteiger partial charge in [0, 0.05) is 12.6 Å². The number of hydrogen-bond donors (Lipinski definition) is 1. The lowest BCUT2D eigenvalue weighted by atomic mass is 9.83. The van der Waals surface area contributed by atoms with Crippen LogP contribution in [0.25, 0.3) is 0 Å². The summed E-state index contributed by atoms with van der Waals surface area (Å²) in [6, 6.07) is 0.576. The van der Waals surface area contributed by atoms with Gasteiger partial charge in [0.15, 0.2) is 0 Å². The highest BCUT2D eigenvalue weighted by Crippen LogP contribution is 2.33. The first kappa shape index (κ1) is 12.8. The van der Waals surface area contributed by atoms with Crippen LogP contribution in [0.3, 0.4) is 0 Å². The van der Waals surface area contributed by atoms with Gasteiger partial charge in [0.1, 0.15) is 5.54 Å². The van der Waals surface area contributed by atoms with E-state index in [0.29, 0.717) is 12.6 Å². The Kier molecular flexibility index (Phi) is 4.05. The molecule has 2 heterocycles. The largest absolute Gasteiger partial charge is 0.465 e. The number of carbonyl (C=O) groups excluding carboxylic acids is 1. The third-order valence-corrected chi connectivity index (χ3v) is 4.09. The third kappa shape index (κ3) is 2.47. The molecule has 2 aliphatic rings. The number of fused-ring (bicyclic) bond motifs is 1. The lowest BCUT2D eigenvalue weighted by molar-refractivity contribution is -0.154. The molecule has 98 valence electrons. The summed E-state index contributed by atoms with van der Waals surface area (Å²) in [5, 5.41) is 3.39. The van der Waals surface area contributed by atoms with Gasteiger partial charge in [-0.3, -0.25) is 4.79 Å². The molecule has 0 spiro atoms. The number of nitrogens with zero attached hydrogens (tertiary/aromatic N) is 1. The second kappa shape index (κ2) is 5.36. The first-order valence-electron chi connectivity index (χ1n) is 6.88. The average molecular weight is 240 g/mol. The van der Waals surface area contributed by atoms with Crippen LogP contribution in [0.4, 0.5) is 0 Å². The summed E-state index contributed by atoms with van der Waals surface area (Å²) in [5.74, 6) is -0.0478. The van der Waals surface area contributed by atoms with Crippen LogP contribution >= 0.6 is 0 Å². The van der Waals surface area contributed by atoms with E-state index in [9.17, 15) is 4.79 Å². The number of nitrogens with one attached hydrogen (secondary N) is 1. The molecule has 0 radical (unpaired) electrons. The van der Waals surface area contributed by atoms with Crippen molar-refractivity contribution in [3.8, 4) is 0 Å². The van der Waals surface area contributed by atoms with Crippen molar-refractivity contribution in [1.29, 1.82) is 0 Å². The van der Waals surface area contributed by atoms with Gasteiger partial charge in [-0.1, -0.05) is 6.92 Å². The molecule has 2 saturated heterocycles. The SMILES string of the molecule is CCNC1(C(=O)OCC)CCN2CCCC2C1. The highest BCUT2D eigenvalue weighted by atomic mass is 16.5. The summed E-state index contributed by atoms with van der Waals surface area (Å²) in [4.78, 5) is 14.7. The molecule has 2 aliphatic heterocycles. The van der Waals surface area contributed by atoms with Crippen molar-refractivity contribution in [2.45, 2.75) is 51.1 Å². The lowest BCUT2D eigenvalue weighted by Gasteiger charge is -2.42. The molecular formula is C13H24N2O2. The van der Waals surface area contributed by atoms with E-state index in [0.717, 1.165) is 25.9 Å². The second-order valence-electron chi connectivity index (χ2n) is 5.12. The van der Waals surface area contributed by atoms with Crippen LogP contribution in [-0.4, -0.2) is 48.7 Å². The van der Waals surface area contributed by atoms with Crippen LogP contribution in [0.5, 0.6) is 0 Å². The number of esters is 1. The molecule has 0 aromatic heterocycles. The van der Waals surface area contributed by atoms with Crippen molar-refractivity contribution < 1.29 is 9.53 Å². The van der Waals surface area contributed by atoms with Crippen molar-refractivity contribution in [2.24, 2.45) is 0 Å². The topological polar surface area (TPSA) is 41.6 Å². The quantitative estimate of drug-likeness (QED) is 0.749. The number of likely N-dealkylation sites (N-methyl/N-ethyl adjacent to an activating group) is 1. The van der Waals surface area contributed by atoms with E-state index in [-0.39, 0.29) is 5.97 Å². The smallest absolute Gasteiger partial charge is 0.326 e. The minimum Gasteiger partial charge on any atom is -0.465 e. The Labute approximate surface area is 104 Å². The molecular weight excluding hydrogens is 216 g/mol. The maximum Gasteiger partial charge on any atom is 0.326 e. The second-order valence-corrected chi connectivity index (χ2v) is 5.12. The fourth-order valence-electron chi connectivity index (χ4n) is 3.29. The molecule has 2 fully saturated rings. The molecule has 4 nitrogen and oxygen atoms in total. The van der Waals surface area contributed by atoms with E-state index in [2.05, 4.69) is 17.1 Å². The molecule has 0 amide bonds. The molecule has 4 heteroatoms. The van der Waals surface area contributed by atoms with E-state index < -0.39 is 5.54 Å². The molecule has 0 aromatic carbocycles. The first-order valence-corrected chi connectivity index (χ1v) is 6.88. The zero-order chi connectivity index (χ0) is 12.3.